The molecular formula is C23H20F2N4O2. The van der Waals surface area contributed by atoms with Crippen LogP contribution < -0.4 is 10.9 Å². The molecule has 31 heavy (non-hydrogen) atoms. The summed E-state index contributed by atoms with van der Waals surface area (Å²) in [5, 5.41) is 8.14. The van der Waals surface area contributed by atoms with Crippen LogP contribution >= 0.6 is 0 Å². The molecule has 2 N–H and O–H groups in total. The van der Waals surface area contributed by atoms with Crippen molar-refractivity contribution in [3.05, 3.63) is 82.3 Å². The van der Waals surface area contributed by atoms with Crippen molar-refractivity contribution in [3.63, 3.8) is 0 Å². The maximum absolute atomic E-state index is 14.4. The van der Waals surface area contributed by atoms with Gasteiger partial charge in [-0.25, -0.2) is 13.5 Å². The fraction of sp³-hybridized carbons (Fsp3) is 0.217. The second-order valence-electron chi connectivity index (χ2n) is 7.52. The zero-order valence-corrected chi connectivity index (χ0v) is 16.6. The summed E-state index contributed by atoms with van der Waals surface area (Å²) >= 11 is 0. The van der Waals surface area contributed by atoms with Gasteiger partial charge in [-0.15, -0.1) is 0 Å². The van der Waals surface area contributed by atoms with Crippen LogP contribution in [0.15, 0.2) is 59.5 Å². The van der Waals surface area contributed by atoms with Crippen LogP contribution in [-0.2, 0) is 11.2 Å². The van der Waals surface area contributed by atoms with Gasteiger partial charge in [0, 0.05) is 24.3 Å². The van der Waals surface area contributed by atoms with Gasteiger partial charge in [0.2, 0.25) is 0 Å². The monoisotopic (exact) mass is 422 g/mol. The van der Waals surface area contributed by atoms with Gasteiger partial charge in [-0.2, -0.15) is 5.10 Å². The van der Waals surface area contributed by atoms with Gasteiger partial charge in [-0.3, -0.25) is 4.79 Å². The van der Waals surface area contributed by atoms with E-state index in [1.807, 2.05) is 24.3 Å². The Morgan fingerprint density at radius 1 is 1.10 bits per heavy atom. The number of nitrogens with one attached hydrogen (secondary N) is 2. The van der Waals surface area contributed by atoms with Crippen LogP contribution in [0, 0.1) is 11.6 Å². The number of ether oxygens (including phenoxy) is 1. The molecule has 2 aromatic carbocycles. The number of fused-ring (bicyclic) bond motifs is 1. The van der Waals surface area contributed by atoms with Crippen LogP contribution in [0.4, 0.5) is 8.78 Å². The topological polar surface area (TPSA) is 71.9 Å². The minimum atomic E-state index is -0.756. The summed E-state index contributed by atoms with van der Waals surface area (Å²) in [7, 11) is 0. The van der Waals surface area contributed by atoms with Crippen molar-refractivity contribution in [2.75, 3.05) is 19.8 Å². The number of benzene rings is 2. The molecular weight excluding hydrogens is 402 g/mol. The van der Waals surface area contributed by atoms with E-state index in [9.17, 15) is 13.6 Å². The van der Waals surface area contributed by atoms with Gasteiger partial charge in [0.15, 0.2) is 11.6 Å². The lowest BCUT2D eigenvalue weighted by Gasteiger charge is -2.23. The van der Waals surface area contributed by atoms with E-state index >= 15 is 0 Å². The molecule has 0 aliphatic carbocycles. The molecule has 0 amide bonds. The largest absolute Gasteiger partial charge is 0.379 e. The maximum Gasteiger partial charge on any atom is 0.259 e. The number of para-hydroxylation sites is 1. The molecule has 1 fully saturated rings. The summed E-state index contributed by atoms with van der Waals surface area (Å²) in [6.45, 7) is 2.23. The Kier molecular flexibility index (Phi) is 5.09. The molecule has 8 heteroatoms. The summed E-state index contributed by atoms with van der Waals surface area (Å²) in [4.78, 5) is 15.2. The number of rotatable bonds is 4. The van der Waals surface area contributed by atoms with Crippen LogP contribution in [0.3, 0.4) is 0 Å². The molecule has 158 valence electrons. The van der Waals surface area contributed by atoms with Crippen LogP contribution in [-0.4, -0.2) is 40.6 Å². The van der Waals surface area contributed by atoms with Crippen LogP contribution in [0.25, 0.3) is 27.8 Å². The number of H-pyrrole nitrogens is 1. The van der Waals surface area contributed by atoms with Gasteiger partial charge in [-0.05, 0) is 30.2 Å². The number of hydrogen-bond donors (Lipinski definition) is 2. The van der Waals surface area contributed by atoms with Gasteiger partial charge < -0.3 is 15.0 Å². The Morgan fingerprint density at radius 2 is 1.87 bits per heavy atom. The lowest BCUT2D eigenvalue weighted by Crippen LogP contribution is -2.42. The quantitative estimate of drug-likeness (QED) is 0.530. The number of halogens is 2. The molecule has 4 aromatic rings. The first-order chi connectivity index (χ1) is 15.1. The molecule has 1 saturated heterocycles. The third-order valence-electron chi connectivity index (χ3n) is 5.46. The summed E-state index contributed by atoms with van der Waals surface area (Å²) in [5.74, 6) is -1.51. The van der Waals surface area contributed by atoms with Crippen molar-refractivity contribution in [1.82, 2.24) is 20.1 Å². The van der Waals surface area contributed by atoms with E-state index in [0.29, 0.717) is 23.4 Å². The smallest absolute Gasteiger partial charge is 0.259 e. The summed E-state index contributed by atoms with van der Waals surface area (Å²) in [6.07, 6.45) is 2.25. The molecule has 0 unspecified atom stereocenters. The standard InChI is InChI=1S/C23H20F2N4O2/c24-17-2-1-3-18(25)22(17)29-19-8-9-27-23(30)20(19)21(28-29)15-6-4-14(5-7-15)12-16-13-31-11-10-26-16/h1-9,16,26H,10-13H2,(H,27,30)/t16-/m0/s1. The van der Waals surface area contributed by atoms with E-state index in [1.165, 1.54) is 12.3 Å². The summed E-state index contributed by atoms with van der Waals surface area (Å²) in [6, 6.07) is 13.1. The fourth-order valence-electron chi connectivity index (χ4n) is 3.98. The van der Waals surface area contributed by atoms with E-state index in [0.717, 1.165) is 42.0 Å². The molecule has 1 aliphatic heterocycles. The number of aromatic amines is 1. The van der Waals surface area contributed by atoms with Gasteiger partial charge in [-0.1, -0.05) is 30.3 Å². The molecule has 6 nitrogen and oxygen atoms in total. The van der Waals surface area contributed by atoms with Gasteiger partial charge in [0.25, 0.3) is 5.56 Å². The average molecular weight is 422 g/mol. The zero-order chi connectivity index (χ0) is 21.4. The Hall–Kier alpha value is -3.36. The van der Waals surface area contributed by atoms with Gasteiger partial charge >= 0.3 is 0 Å². The van der Waals surface area contributed by atoms with Gasteiger partial charge in [0.05, 0.1) is 24.1 Å². The third-order valence-corrected chi connectivity index (χ3v) is 5.46. The molecule has 5 rings (SSSR count). The Morgan fingerprint density at radius 3 is 2.58 bits per heavy atom. The lowest BCUT2D eigenvalue weighted by molar-refractivity contribution is 0.0770. The summed E-state index contributed by atoms with van der Waals surface area (Å²) in [5.41, 5.74) is 1.81. The SMILES string of the molecule is O=c1[nH]ccc2c1c(-c1ccc(C[C@H]3COCCN3)cc1)nn2-c1c(F)cccc1F. The number of nitrogens with zero attached hydrogens (tertiary/aromatic N) is 2. The molecule has 0 spiro atoms. The van der Waals surface area contributed by atoms with Crippen LogP contribution in [0.2, 0.25) is 0 Å². The van der Waals surface area contributed by atoms with E-state index in [1.54, 1.807) is 6.07 Å². The highest BCUT2D eigenvalue weighted by Gasteiger charge is 2.21. The first-order valence-corrected chi connectivity index (χ1v) is 10.1. The minimum absolute atomic E-state index is 0.256. The maximum atomic E-state index is 14.4. The van der Waals surface area contributed by atoms with E-state index in [-0.39, 0.29) is 22.7 Å². The van der Waals surface area contributed by atoms with Crippen molar-refractivity contribution < 1.29 is 13.5 Å². The first-order valence-electron chi connectivity index (χ1n) is 10.1. The second-order valence-corrected chi connectivity index (χ2v) is 7.52. The number of pyridine rings is 1. The normalized spacial score (nSPS) is 16.6. The highest BCUT2D eigenvalue weighted by molar-refractivity contribution is 5.93. The van der Waals surface area contributed by atoms with E-state index in [4.69, 9.17) is 4.74 Å². The molecule has 0 bridgehead atoms. The fourth-order valence-corrected chi connectivity index (χ4v) is 3.98. The molecule has 1 aliphatic rings. The predicted molar refractivity (Wildman–Crippen MR) is 113 cm³/mol. The Bertz CT molecular complexity index is 1270. The Balaban J connectivity index is 1.58. The number of hydrogen-bond acceptors (Lipinski definition) is 4. The van der Waals surface area contributed by atoms with Crippen molar-refractivity contribution in [1.29, 1.82) is 0 Å². The molecule has 0 saturated carbocycles. The molecule has 1 atom stereocenters. The molecule has 2 aromatic heterocycles. The van der Waals surface area contributed by atoms with E-state index < -0.39 is 11.6 Å². The number of morpholine rings is 1. The Labute approximate surface area is 176 Å². The van der Waals surface area contributed by atoms with Crippen molar-refractivity contribution in [3.8, 4) is 16.9 Å². The third kappa shape index (κ3) is 3.64. The van der Waals surface area contributed by atoms with E-state index in [2.05, 4.69) is 15.4 Å². The van der Waals surface area contributed by atoms with Crippen LogP contribution in [0.5, 0.6) is 0 Å². The molecule has 3 heterocycles. The zero-order valence-electron chi connectivity index (χ0n) is 16.6. The number of aromatic nitrogens is 3. The lowest BCUT2D eigenvalue weighted by atomic mass is 10.0. The average Bonchev–Trinajstić information content (AvgIpc) is 3.16. The van der Waals surface area contributed by atoms with Gasteiger partial charge in [0.1, 0.15) is 11.4 Å². The predicted octanol–water partition coefficient (Wildman–Crippen LogP) is 3.19. The summed E-state index contributed by atoms with van der Waals surface area (Å²) < 4.78 is 35.6. The highest BCUT2D eigenvalue weighted by atomic mass is 19.1. The van der Waals surface area contributed by atoms with Crippen molar-refractivity contribution >= 4 is 10.9 Å². The molecule has 0 radical (unpaired) electrons. The second kappa shape index (κ2) is 8.05. The van der Waals surface area contributed by atoms with Crippen molar-refractivity contribution in [2.45, 2.75) is 12.5 Å². The van der Waals surface area contributed by atoms with Crippen LogP contribution in [0.1, 0.15) is 5.56 Å². The minimum Gasteiger partial charge on any atom is -0.379 e. The highest BCUT2D eigenvalue weighted by Crippen LogP contribution is 2.29. The van der Waals surface area contributed by atoms with Crippen molar-refractivity contribution in [2.24, 2.45) is 0 Å². The first kappa shape index (κ1) is 19.6.